The van der Waals surface area contributed by atoms with Gasteiger partial charge in [0.15, 0.2) is 0 Å². The summed E-state index contributed by atoms with van der Waals surface area (Å²) in [5.41, 5.74) is 1.87. The smallest absolute Gasteiger partial charge is 0.225 e. The number of aromatic nitrogens is 1. The lowest BCUT2D eigenvalue weighted by atomic mass is 9.97. The van der Waals surface area contributed by atoms with Crippen LogP contribution in [0.15, 0.2) is 27.3 Å². The maximum atomic E-state index is 12.9. The average Bonchev–Trinajstić information content (AvgIpc) is 3.32. The Labute approximate surface area is 147 Å². The van der Waals surface area contributed by atoms with Gasteiger partial charge in [-0.2, -0.15) is 0 Å². The molecule has 1 aliphatic rings. The van der Waals surface area contributed by atoms with Crippen LogP contribution < -0.4 is 0 Å². The van der Waals surface area contributed by atoms with Crippen molar-refractivity contribution >= 4 is 5.91 Å². The first-order chi connectivity index (χ1) is 12.0. The molecule has 1 amide bonds. The minimum atomic E-state index is -0.675. The summed E-state index contributed by atoms with van der Waals surface area (Å²) in [6, 6.07) is 3.59. The SMILES string of the molecule is Cc1noc(C)c1CC(C)C(=O)N1CCCC1CC(O)c1ccco1. The summed E-state index contributed by atoms with van der Waals surface area (Å²) < 4.78 is 10.5. The molecule has 6 heteroatoms. The first-order valence-corrected chi connectivity index (χ1v) is 8.91. The molecule has 6 nitrogen and oxygen atoms in total. The third-order valence-corrected chi connectivity index (χ3v) is 5.14. The number of hydrogen-bond donors (Lipinski definition) is 1. The summed E-state index contributed by atoms with van der Waals surface area (Å²) in [4.78, 5) is 14.9. The zero-order valence-electron chi connectivity index (χ0n) is 15.1. The molecule has 2 aromatic rings. The quantitative estimate of drug-likeness (QED) is 0.869. The Balaban J connectivity index is 1.64. The number of aliphatic hydroxyl groups excluding tert-OH is 1. The van der Waals surface area contributed by atoms with E-state index >= 15 is 0 Å². The monoisotopic (exact) mass is 346 g/mol. The fourth-order valence-corrected chi connectivity index (χ4v) is 3.70. The molecule has 0 aromatic carbocycles. The lowest BCUT2D eigenvalue weighted by Crippen LogP contribution is -2.40. The standard InChI is InChI=1S/C19H26N2O4/c1-12(10-16-13(2)20-25-14(16)3)19(23)21-8-4-6-15(21)11-17(22)18-7-5-9-24-18/h5,7,9,12,15,17,22H,4,6,8,10-11H2,1-3H3. The number of hydrogen-bond acceptors (Lipinski definition) is 5. The van der Waals surface area contributed by atoms with Crippen LogP contribution in [0.1, 0.15) is 55.1 Å². The van der Waals surface area contributed by atoms with Gasteiger partial charge in [-0.15, -0.1) is 0 Å². The highest BCUT2D eigenvalue weighted by atomic mass is 16.5. The molecular formula is C19H26N2O4. The lowest BCUT2D eigenvalue weighted by Gasteiger charge is -2.28. The minimum absolute atomic E-state index is 0.0553. The van der Waals surface area contributed by atoms with Crippen molar-refractivity contribution in [3.05, 3.63) is 41.2 Å². The van der Waals surface area contributed by atoms with Crippen LogP contribution in [0.4, 0.5) is 0 Å². The number of furan rings is 1. The molecule has 1 saturated heterocycles. The highest BCUT2D eigenvalue weighted by Crippen LogP contribution is 2.29. The molecule has 25 heavy (non-hydrogen) atoms. The van der Waals surface area contributed by atoms with Crippen LogP contribution in [0.25, 0.3) is 0 Å². The number of aliphatic hydroxyl groups is 1. The van der Waals surface area contributed by atoms with Crippen molar-refractivity contribution in [2.45, 2.75) is 58.6 Å². The predicted octanol–water partition coefficient (Wildman–Crippen LogP) is 3.18. The van der Waals surface area contributed by atoms with Gasteiger partial charge in [0.25, 0.3) is 0 Å². The van der Waals surface area contributed by atoms with Crippen LogP contribution in [0.2, 0.25) is 0 Å². The van der Waals surface area contributed by atoms with Crippen molar-refractivity contribution < 1.29 is 18.8 Å². The number of likely N-dealkylation sites (tertiary alicyclic amines) is 1. The van der Waals surface area contributed by atoms with Crippen LogP contribution >= 0.6 is 0 Å². The molecular weight excluding hydrogens is 320 g/mol. The van der Waals surface area contributed by atoms with Gasteiger partial charge >= 0.3 is 0 Å². The van der Waals surface area contributed by atoms with E-state index < -0.39 is 6.10 Å². The number of rotatable bonds is 6. The molecule has 0 saturated carbocycles. The van der Waals surface area contributed by atoms with E-state index in [9.17, 15) is 9.90 Å². The molecule has 3 heterocycles. The van der Waals surface area contributed by atoms with Gasteiger partial charge in [0, 0.05) is 30.5 Å². The second-order valence-electron chi connectivity index (χ2n) is 7.00. The van der Waals surface area contributed by atoms with E-state index in [0.717, 1.165) is 36.4 Å². The van der Waals surface area contributed by atoms with E-state index in [1.807, 2.05) is 25.7 Å². The van der Waals surface area contributed by atoms with Gasteiger partial charge in [0.1, 0.15) is 17.6 Å². The fourth-order valence-electron chi connectivity index (χ4n) is 3.70. The van der Waals surface area contributed by atoms with E-state index in [0.29, 0.717) is 18.6 Å². The first kappa shape index (κ1) is 17.7. The summed E-state index contributed by atoms with van der Waals surface area (Å²) >= 11 is 0. The molecule has 0 bridgehead atoms. The zero-order valence-corrected chi connectivity index (χ0v) is 15.1. The summed E-state index contributed by atoms with van der Waals surface area (Å²) in [5, 5.41) is 14.3. The topological polar surface area (TPSA) is 79.7 Å². The van der Waals surface area contributed by atoms with Crippen molar-refractivity contribution in [2.24, 2.45) is 5.92 Å². The number of amides is 1. The maximum absolute atomic E-state index is 12.9. The molecule has 3 atom stereocenters. The van der Waals surface area contributed by atoms with Crippen molar-refractivity contribution in [1.82, 2.24) is 10.1 Å². The molecule has 0 spiro atoms. The highest BCUT2D eigenvalue weighted by Gasteiger charge is 2.33. The number of carbonyl (C=O) groups is 1. The Kier molecular flexibility index (Phi) is 5.27. The third-order valence-electron chi connectivity index (χ3n) is 5.14. The molecule has 3 rings (SSSR count). The molecule has 1 aliphatic heterocycles. The van der Waals surface area contributed by atoms with E-state index in [-0.39, 0.29) is 17.9 Å². The second-order valence-corrected chi connectivity index (χ2v) is 7.00. The van der Waals surface area contributed by atoms with Gasteiger partial charge in [-0.05, 0) is 45.2 Å². The molecule has 2 aromatic heterocycles. The van der Waals surface area contributed by atoms with Gasteiger partial charge in [-0.25, -0.2) is 0 Å². The van der Waals surface area contributed by atoms with E-state index in [1.165, 1.54) is 0 Å². The molecule has 1 fully saturated rings. The Morgan fingerprint density at radius 2 is 2.28 bits per heavy atom. The summed E-state index contributed by atoms with van der Waals surface area (Å²) in [6.07, 6.45) is 3.91. The Hall–Kier alpha value is -2.08. The summed E-state index contributed by atoms with van der Waals surface area (Å²) in [6.45, 7) is 6.49. The zero-order chi connectivity index (χ0) is 18.0. The van der Waals surface area contributed by atoms with Crippen LogP contribution in [-0.4, -0.2) is 33.7 Å². The highest BCUT2D eigenvalue weighted by molar-refractivity contribution is 5.79. The third kappa shape index (κ3) is 3.79. The molecule has 0 aliphatic carbocycles. The van der Waals surface area contributed by atoms with Gasteiger partial charge in [0.2, 0.25) is 5.91 Å². The van der Waals surface area contributed by atoms with Crippen LogP contribution in [0.5, 0.6) is 0 Å². The largest absolute Gasteiger partial charge is 0.467 e. The maximum Gasteiger partial charge on any atom is 0.225 e. The van der Waals surface area contributed by atoms with Gasteiger partial charge in [-0.3, -0.25) is 4.79 Å². The fraction of sp³-hybridized carbons (Fsp3) is 0.579. The van der Waals surface area contributed by atoms with E-state index in [4.69, 9.17) is 8.94 Å². The van der Waals surface area contributed by atoms with E-state index in [1.54, 1.807) is 18.4 Å². The summed E-state index contributed by atoms with van der Waals surface area (Å²) in [5.74, 6) is 1.33. The van der Waals surface area contributed by atoms with Gasteiger partial charge in [0.05, 0.1) is 12.0 Å². The van der Waals surface area contributed by atoms with Gasteiger partial charge < -0.3 is 18.9 Å². The minimum Gasteiger partial charge on any atom is -0.467 e. The number of nitrogens with zero attached hydrogens (tertiary/aromatic N) is 2. The Morgan fingerprint density at radius 3 is 2.92 bits per heavy atom. The van der Waals surface area contributed by atoms with Crippen LogP contribution in [0.3, 0.4) is 0 Å². The average molecular weight is 346 g/mol. The van der Waals surface area contributed by atoms with E-state index in [2.05, 4.69) is 5.16 Å². The van der Waals surface area contributed by atoms with Crippen LogP contribution in [0, 0.1) is 19.8 Å². The molecule has 3 unspecified atom stereocenters. The molecule has 136 valence electrons. The van der Waals surface area contributed by atoms with Crippen molar-refractivity contribution in [1.29, 1.82) is 0 Å². The Bertz CT molecular complexity index is 688. The van der Waals surface area contributed by atoms with Crippen molar-refractivity contribution in [3.63, 3.8) is 0 Å². The molecule has 1 N–H and O–H groups in total. The summed E-state index contributed by atoms with van der Waals surface area (Å²) in [7, 11) is 0. The first-order valence-electron chi connectivity index (χ1n) is 8.91. The number of carbonyl (C=O) groups excluding carboxylic acids is 1. The predicted molar refractivity (Wildman–Crippen MR) is 91.9 cm³/mol. The van der Waals surface area contributed by atoms with Crippen LogP contribution in [-0.2, 0) is 11.2 Å². The lowest BCUT2D eigenvalue weighted by molar-refractivity contribution is -0.136. The number of aryl methyl sites for hydroxylation is 2. The Morgan fingerprint density at radius 1 is 1.48 bits per heavy atom. The molecule has 0 radical (unpaired) electrons. The van der Waals surface area contributed by atoms with Crippen molar-refractivity contribution in [2.75, 3.05) is 6.54 Å². The second kappa shape index (κ2) is 7.44. The normalized spacial score (nSPS) is 20.0. The van der Waals surface area contributed by atoms with Crippen molar-refractivity contribution in [3.8, 4) is 0 Å². The van der Waals surface area contributed by atoms with Gasteiger partial charge in [-0.1, -0.05) is 12.1 Å².